The molecule has 0 spiro atoms. The molecule has 1 amide bonds. The van der Waals surface area contributed by atoms with Gasteiger partial charge in [0.1, 0.15) is 0 Å². The first-order valence-electron chi connectivity index (χ1n) is 6.88. The summed E-state index contributed by atoms with van der Waals surface area (Å²) >= 11 is 0. The SMILES string of the molecule is CC(C(C)S(C)(=O)=O)N(C)C(=O)CCC1CCNC1.Cl. The highest BCUT2D eigenvalue weighted by Gasteiger charge is 2.28. The molecule has 0 aromatic heterocycles. The lowest BCUT2D eigenvalue weighted by Gasteiger charge is -2.29. The zero-order chi connectivity index (χ0) is 14.6. The first kappa shape index (κ1) is 19.7. The molecule has 1 heterocycles. The molecule has 3 atom stereocenters. The van der Waals surface area contributed by atoms with Crippen molar-refractivity contribution in [3.8, 4) is 0 Å². The fraction of sp³-hybridized carbons (Fsp3) is 0.923. The molecule has 5 nitrogen and oxygen atoms in total. The van der Waals surface area contributed by atoms with E-state index in [-0.39, 0.29) is 24.4 Å². The van der Waals surface area contributed by atoms with Crippen LogP contribution in [0.3, 0.4) is 0 Å². The quantitative estimate of drug-likeness (QED) is 0.793. The van der Waals surface area contributed by atoms with E-state index in [0.29, 0.717) is 12.3 Å². The summed E-state index contributed by atoms with van der Waals surface area (Å²) in [7, 11) is -1.42. The van der Waals surface area contributed by atoms with Crippen molar-refractivity contribution in [3.63, 3.8) is 0 Å². The van der Waals surface area contributed by atoms with Crippen molar-refractivity contribution in [2.24, 2.45) is 5.92 Å². The number of halogens is 1. The van der Waals surface area contributed by atoms with Crippen molar-refractivity contribution >= 4 is 28.2 Å². The zero-order valence-electron chi connectivity index (χ0n) is 12.8. The van der Waals surface area contributed by atoms with E-state index in [1.165, 1.54) is 6.26 Å². The highest BCUT2D eigenvalue weighted by Crippen LogP contribution is 2.17. The number of carbonyl (C=O) groups is 1. The van der Waals surface area contributed by atoms with Gasteiger partial charge in [0, 0.05) is 25.8 Å². The van der Waals surface area contributed by atoms with Crippen molar-refractivity contribution < 1.29 is 13.2 Å². The molecule has 120 valence electrons. The van der Waals surface area contributed by atoms with Crippen LogP contribution >= 0.6 is 12.4 Å². The molecule has 3 unspecified atom stereocenters. The Hall–Kier alpha value is -0.330. The number of hydrogen-bond donors (Lipinski definition) is 1. The Labute approximate surface area is 128 Å². The van der Waals surface area contributed by atoms with Gasteiger partial charge in [-0.05, 0) is 45.7 Å². The second-order valence-electron chi connectivity index (χ2n) is 5.68. The molecular weight excluding hydrogens is 300 g/mol. The van der Waals surface area contributed by atoms with Crippen molar-refractivity contribution in [3.05, 3.63) is 0 Å². The van der Waals surface area contributed by atoms with Crippen LogP contribution in [0.1, 0.15) is 33.1 Å². The molecule has 1 saturated heterocycles. The summed E-state index contributed by atoms with van der Waals surface area (Å²) in [6.45, 7) is 5.48. The van der Waals surface area contributed by atoms with Crippen LogP contribution in [0, 0.1) is 5.92 Å². The summed E-state index contributed by atoms with van der Waals surface area (Å²) in [5.74, 6) is 0.620. The molecule has 1 fully saturated rings. The maximum absolute atomic E-state index is 12.1. The Morgan fingerprint density at radius 1 is 1.40 bits per heavy atom. The summed E-state index contributed by atoms with van der Waals surface area (Å²) in [5, 5.41) is 2.75. The molecule has 0 bridgehead atoms. The fourth-order valence-electron chi connectivity index (χ4n) is 2.36. The topological polar surface area (TPSA) is 66.5 Å². The summed E-state index contributed by atoms with van der Waals surface area (Å²) in [5.41, 5.74) is 0. The lowest BCUT2D eigenvalue weighted by atomic mass is 10.0. The van der Waals surface area contributed by atoms with Crippen LogP contribution in [0.5, 0.6) is 0 Å². The van der Waals surface area contributed by atoms with E-state index < -0.39 is 15.1 Å². The second-order valence-corrected chi connectivity index (χ2v) is 8.08. The van der Waals surface area contributed by atoms with Gasteiger partial charge >= 0.3 is 0 Å². The van der Waals surface area contributed by atoms with E-state index in [1.54, 1.807) is 25.8 Å². The second kappa shape index (κ2) is 8.20. The molecule has 0 aromatic rings. The van der Waals surface area contributed by atoms with Crippen molar-refractivity contribution in [1.29, 1.82) is 0 Å². The number of carbonyl (C=O) groups excluding carboxylic acids is 1. The predicted octanol–water partition coefficient (Wildman–Crippen LogP) is 1.08. The summed E-state index contributed by atoms with van der Waals surface area (Å²) < 4.78 is 23.0. The first-order valence-corrected chi connectivity index (χ1v) is 8.84. The molecule has 0 radical (unpaired) electrons. The van der Waals surface area contributed by atoms with Gasteiger partial charge in [-0.3, -0.25) is 4.79 Å². The summed E-state index contributed by atoms with van der Waals surface area (Å²) in [6.07, 6.45) is 3.74. The Morgan fingerprint density at radius 3 is 2.45 bits per heavy atom. The minimum Gasteiger partial charge on any atom is -0.342 e. The van der Waals surface area contributed by atoms with Gasteiger partial charge in [-0.25, -0.2) is 8.42 Å². The molecule has 1 aliphatic heterocycles. The van der Waals surface area contributed by atoms with E-state index in [0.717, 1.165) is 25.9 Å². The van der Waals surface area contributed by atoms with E-state index in [1.807, 2.05) is 0 Å². The molecule has 1 aliphatic rings. The van der Waals surface area contributed by atoms with Crippen LogP contribution in [-0.2, 0) is 14.6 Å². The van der Waals surface area contributed by atoms with E-state index in [9.17, 15) is 13.2 Å². The number of sulfone groups is 1. The van der Waals surface area contributed by atoms with Gasteiger partial charge < -0.3 is 10.2 Å². The average molecular weight is 327 g/mol. The van der Waals surface area contributed by atoms with E-state index in [4.69, 9.17) is 0 Å². The van der Waals surface area contributed by atoms with Crippen LogP contribution in [0.25, 0.3) is 0 Å². The molecule has 1 rings (SSSR count). The van der Waals surface area contributed by atoms with Crippen LogP contribution < -0.4 is 5.32 Å². The number of nitrogens with zero attached hydrogens (tertiary/aromatic N) is 1. The molecule has 7 heteroatoms. The van der Waals surface area contributed by atoms with Crippen molar-refractivity contribution in [2.75, 3.05) is 26.4 Å². The molecule has 1 N–H and O–H groups in total. The highest BCUT2D eigenvalue weighted by molar-refractivity contribution is 7.91. The fourth-order valence-corrected chi connectivity index (χ4v) is 3.26. The highest BCUT2D eigenvalue weighted by atomic mass is 35.5. The normalized spacial score (nSPS) is 21.9. The van der Waals surface area contributed by atoms with E-state index in [2.05, 4.69) is 5.32 Å². The third kappa shape index (κ3) is 5.58. The Balaban J connectivity index is 0.00000361. The molecular formula is C13H27ClN2O3S. The predicted molar refractivity (Wildman–Crippen MR) is 84.0 cm³/mol. The Kier molecular flexibility index (Phi) is 8.06. The van der Waals surface area contributed by atoms with Gasteiger partial charge in [0.15, 0.2) is 9.84 Å². The first-order chi connectivity index (χ1) is 8.73. The van der Waals surface area contributed by atoms with Gasteiger partial charge in [0.2, 0.25) is 5.91 Å². The number of hydrogen-bond acceptors (Lipinski definition) is 4. The van der Waals surface area contributed by atoms with Crippen LogP contribution in [0.15, 0.2) is 0 Å². The minimum atomic E-state index is -3.12. The monoisotopic (exact) mass is 326 g/mol. The summed E-state index contributed by atoms with van der Waals surface area (Å²) in [6, 6.07) is -0.288. The molecule has 0 aromatic carbocycles. The Bertz CT molecular complexity index is 408. The smallest absolute Gasteiger partial charge is 0.222 e. The number of rotatable bonds is 6. The van der Waals surface area contributed by atoms with Gasteiger partial charge in [-0.2, -0.15) is 0 Å². The van der Waals surface area contributed by atoms with Gasteiger partial charge in [-0.15, -0.1) is 12.4 Å². The standard InChI is InChI=1S/C13H26N2O3S.ClH/c1-10(11(2)19(4,17)18)15(3)13(16)6-5-12-7-8-14-9-12;/h10-12,14H,5-9H2,1-4H3;1H. The lowest BCUT2D eigenvalue weighted by molar-refractivity contribution is -0.131. The van der Waals surface area contributed by atoms with Crippen molar-refractivity contribution in [1.82, 2.24) is 10.2 Å². The molecule has 0 saturated carbocycles. The van der Waals surface area contributed by atoms with Crippen LogP contribution in [0.2, 0.25) is 0 Å². The van der Waals surface area contributed by atoms with Crippen molar-refractivity contribution in [2.45, 2.75) is 44.4 Å². The third-order valence-corrected chi connectivity index (χ3v) is 6.03. The average Bonchev–Trinajstić information content (AvgIpc) is 2.85. The molecule has 0 aliphatic carbocycles. The minimum absolute atomic E-state index is 0. The van der Waals surface area contributed by atoms with E-state index >= 15 is 0 Å². The lowest BCUT2D eigenvalue weighted by Crippen LogP contribution is -2.44. The van der Waals surface area contributed by atoms with Crippen LogP contribution in [0.4, 0.5) is 0 Å². The maximum Gasteiger partial charge on any atom is 0.222 e. The van der Waals surface area contributed by atoms with Gasteiger partial charge in [0.25, 0.3) is 0 Å². The Morgan fingerprint density at radius 2 is 2.00 bits per heavy atom. The maximum atomic E-state index is 12.1. The van der Waals surface area contributed by atoms with Crippen LogP contribution in [-0.4, -0.2) is 56.9 Å². The third-order valence-electron chi connectivity index (χ3n) is 4.29. The van der Waals surface area contributed by atoms with Gasteiger partial charge in [0.05, 0.1) is 5.25 Å². The largest absolute Gasteiger partial charge is 0.342 e. The van der Waals surface area contributed by atoms with Gasteiger partial charge in [-0.1, -0.05) is 0 Å². The molecule has 20 heavy (non-hydrogen) atoms. The zero-order valence-corrected chi connectivity index (χ0v) is 14.4. The number of amides is 1. The summed E-state index contributed by atoms with van der Waals surface area (Å²) in [4.78, 5) is 13.7. The number of nitrogens with one attached hydrogen (secondary N) is 1.